The molecule has 3 aromatic rings. The molecule has 0 saturated carbocycles. The molecule has 0 saturated heterocycles. The maximum Gasteiger partial charge on any atom is 1.00 e. The SMILES string of the molecule is O=S(=O)([O-])c1cc(SOO[O-])cc2c1ccc1[n-][nH]c12.[Fe].[Na+].[Na+]. The van der Waals surface area contributed by atoms with Crippen molar-refractivity contribution in [2.75, 3.05) is 0 Å². The summed E-state index contributed by atoms with van der Waals surface area (Å²) in [5.74, 6) is 0. The maximum atomic E-state index is 11.3. The van der Waals surface area contributed by atoms with Gasteiger partial charge in [0.2, 0.25) is 0 Å². The molecule has 0 atom stereocenters. The van der Waals surface area contributed by atoms with Gasteiger partial charge in [-0.3, -0.25) is 5.04 Å². The van der Waals surface area contributed by atoms with E-state index in [1.54, 1.807) is 12.1 Å². The van der Waals surface area contributed by atoms with Gasteiger partial charge in [0.15, 0.2) is 0 Å². The molecule has 3 rings (SSSR count). The molecule has 0 aliphatic rings. The quantitative estimate of drug-likeness (QED) is 0.147. The molecule has 114 valence electrons. The van der Waals surface area contributed by atoms with E-state index >= 15 is 0 Å². The van der Waals surface area contributed by atoms with E-state index in [1.807, 2.05) is 0 Å². The fraction of sp³-hybridized carbons (Fsp3) is 0. The van der Waals surface area contributed by atoms with Crippen LogP contribution < -0.4 is 69.5 Å². The Morgan fingerprint density at radius 3 is 2.39 bits per heavy atom. The summed E-state index contributed by atoms with van der Waals surface area (Å²) in [4.78, 5) is -0.159. The van der Waals surface area contributed by atoms with Crippen molar-refractivity contribution in [2.45, 2.75) is 9.79 Å². The summed E-state index contributed by atoms with van der Waals surface area (Å²) in [5.41, 5.74) is 1.26. The zero-order valence-corrected chi connectivity index (χ0v) is 18.6. The summed E-state index contributed by atoms with van der Waals surface area (Å²) in [6.45, 7) is 0. The molecule has 0 amide bonds. The Morgan fingerprint density at radius 2 is 1.87 bits per heavy atom. The van der Waals surface area contributed by atoms with Crippen LogP contribution in [-0.2, 0) is 36.6 Å². The number of aromatic nitrogens is 2. The summed E-state index contributed by atoms with van der Waals surface area (Å²) in [6, 6.07) is 5.79. The van der Waals surface area contributed by atoms with Gasteiger partial charge in [-0.25, -0.2) is 8.42 Å². The predicted molar refractivity (Wildman–Crippen MR) is 65.1 cm³/mol. The number of fused-ring (bicyclic) bond motifs is 3. The largest absolute Gasteiger partial charge is 1.00 e. The fourth-order valence-corrected chi connectivity index (χ4v) is 3.18. The van der Waals surface area contributed by atoms with Crippen LogP contribution in [0.4, 0.5) is 0 Å². The first-order valence-electron chi connectivity index (χ1n) is 5.17. The molecule has 1 N–H and O–H groups in total. The molecule has 0 bridgehead atoms. The molecular formula is C10H5FeN2Na2O6S2-. The van der Waals surface area contributed by atoms with Gasteiger partial charge >= 0.3 is 59.1 Å². The first-order valence-corrected chi connectivity index (χ1v) is 7.32. The normalized spacial score (nSPS) is 10.9. The van der Waals surface area contributed by atoms with Crippen molar-refractivity contribution in [1.82, 2.24) is 10.2 Å². The molecule has 0 fully saturated rings. The van der Waals surface area contributed by atoms with E-state index < -0.39 is 15.0 Å². The van der Waals surface area contributed by atoms with Gasteiger partial charge in [-0.1, -0.05) is 12.1 Å². The topological polar surface area (TPSA) is 129 Å². The van der Waals surface area contributed by atoms with Crippen LogP contribution in [0.25, 0.3) is 21.8 Å². The average molecular weight is 415 g/mol. The van der Waals surface area contributed by atoms with E-state index in [1.165, 1.54) is 6.07 Å². The van der Waals surface area contributed by atoms with Crippen LogP contribution in [0.1, 0.15) is 0 Å². The fourth-order valence-electron chi connectivity index (χ4n) is 1.95. The Labute approximate surface area is 189 Å². The number of nitrogens with one attached hydrogen (secondary N) is 1. The second kappa shape index (κ2) is 9.60. The van der Waals surface area contributed by atoms with Crippen LogP contribution in [0, 0.1) is 0 Å². The van der Waals surface area contributed by atoms with E-state index in [-0.39, 0.29) is 86.5 Å². The molecule has 2 aromatic carbocycles. The summed E-state index contributed by atoms with van der Waals surface area (Å²) < 4.78 is 38.2. The zero-order chi connectivity index (χ0) is 14.3. The van der Waals surface area contributed by atoms with Crippen molar-refractivity contribution < 1.29 is 104 Å². The third-order valence-electron chi connectivity index (χ3n) is 2.76. The standard InChI is InChI=1S/C10H7N2O6S2.Fe.2Na/c13-17-18-19-5-3-7-6(9(4-5)20(14,15)16)1-2-8-10(7)12-11-8;;;/h1-4,12-13H,(H,14,15,16);;;/q-1;;2*+1/p-2. The number of hydrogen-bond donors (Lipinski definition) is 1. The minimum absolute atomic E-state index is 0. The van der Waals surface area contributed by atoms with Crippen LogP contribution in [0.5, 0.6) is 0 Å². The maximum absolute atomic E-state index is 11.3. The molecule has 1 aromatic heterocycles. The van der Waals surface area contributed by atoms with Crippen molar-refractivity contribution >= 4 is 44.0 Å². The Balaban J connectivity index is 0.00000161. The van der Waals surface area contributed by atoms with E-state index in [9.17, 15) is 18.2 Å². The van der Waals surface area contributed by atoms with Crippen molar-refractivity contribution in [2.24, 2.45) is 0 Å². The summed E-state index contributed by atoms with van der Waals surface area (Å²) >= 11 is 0.508. The van der Waals surface area contributed by atoms with Gasteiger partial charge < -0.3 is 20.0 Å². The van der Waals surface area contributed by atoms with E-state index in [2.05, 4.69) is 19.6 Å². The monoisotopic (exact) mass is 415 g/mol. The summed E-state index contributed by atoms with van der Waals surface area (Å²) in [5, 5.41) is 20.4. The molecule has 0 unspecified atom stereocenters. The second-order valence-electron chi connectivity index (χ2n) is 3.87. The summed E-state index contributed by atoms with van der Waals surface area (Å²) in [7, 11) is -4.68. The van der Waals surface area contributed by atoms with E-state index in [4.69, 9.17) is 0 Å². The smallest absolute Gasteiger partial charge is 0.744 e. The van der Waals surface area contributed by atoms with Crippen LogP contribution in [0.15, 0.2) is 34.1 Å². The number of aromatic amines is 1. The Bertz CT molecular complexity index is 897. The number of hydrogen-bond acceptors (Lipinski definition) is 7. The molecular weight excluding hydrogens is 410 g/mol. The predicted octanol–water partition coefficient (Wildman–Crippen LogP) is -5.58. The number of nitrogens with zero attached hydrogens (tertiary/aromatic N) is 1. The number of benzene rings is 2. The van der Waals surface area contributed by atoms with Gasteiger partial charge in [-0.05, 0) is 12.1 Å². The third-order valence-corrected chi connectivity index (χ3v) is 4.19. The molecule has 0 radical (unpaired) electrons. The minimum atomic E-state index is -4.68. The minimum Gasteiger partial charge on any atom is -0.744 e. The molecule has 8 nitrogen and oxygen atoms in total. The molecule has 0 aliphatic carbocycles. The van der Waals surface area contributed by atoms with Crippen molar-refractivity contribution in [3.05, 3.63) is 24.3 Å². The molecule has 13 heteroatoms. The van der Waals surface area contributed by atoms with Crippen molar-refractivity contribution in [3.8, 4) is 0 Å². The second-order valence-corrected chi connectivity index (χ2v) is 6.00. The van der Waals surface area contributed by atoms with Gasteiger partial charge in [0.1, 0.15) is 10.1 Å². The van der Waals surface area contributed by atoms with Gasteiger partial charge in [0.25, 0.3) is 0 Å². The van der Waals surface area contributed by atoms with E-state index in [0.717, 1.165) is 6.07 Å². The molecule has 0 aliphatic heterocycles. The third kappa shape index (κ3) is 4.99. The first-order chi connectivity index (χ1) is 9.50. The number of rotatable bonds is 4. The van der Waals surface area contributed by atoms with Crippen molar-refractivity contribution in [3.63, 3.8) is 0 Å². The van der Waals surface area contributed by atoms with E-state index in [0.29, 0.717) is 28.5 Å². The van der Waals surface area contributed by atoms with Crippen LogP contribution >= 0.6 is 12.0 Å². The van der Waals surface area contributed by atoms with Crippen LogP contribution in [0.2, 0.25) is 0 Å². The van der Waals surface area contributed by atoms with Crippen LogP contribution in [-0.4, -0.2) is 18.1 Å². The van der Waals surface area contributed by atoms with Gasteiger partial charge in [-0.2, -0.15) is 4.33 Å². The van der Waals surface area contributed by atoms with Gasteiger partial charge in [-0.15, -0.1) is 5.52 Å². The molecule has 0 spiro atoms. The Hall–Kier alpha value is 0.959. The summed E-state index contributed by atoms with van der Waals surface area (Å²) in [6.07, 6.45) is 0. The molecule has 23 heavy (non-hydrogen) atoms. The van der Waals surface area contributed by atoms with Gasteiger partial charge in [0.05, 0.1) is 16.9 Å². The Kier molecular flexibility index (Phi) is 10.0. The molecule has 1 heterocycles. The first kappa shape index (κ1) is 24.0. The zero-order valence-electron chi connectivity index (χ0n) is 11.9. The van der Waals surface area contributed by atoms with Crippen LogP contribution in [0.3, 0.4) is 0 Å². The number of H-pyrrole nitrogens is 1. The average Bonchev–Trinajstić information content (AvgIpc) is 2.34. The Morgan fingerprint density at radius 1 is 1.17 bits per heavy atom. The van der Waals surface area contributed by atoms with Gasteiger partial charge in [0, 0.05) is 38.3 Å². The van der Waals surface area contributed by atoms with Crippen molar-refractivity contribution in [1.29, 1.82) is 0 Å².